The number of aryl methyl sites for hydroxylation is 2. The Morgan fingerprint density at radius 1 is 1.10 bits per heavy atom. The minimum atomic E-state index is -0.594. The van der Waals surface area contributed by atoms with Gasteiger partial charge in [0.2, 0.25) is 5.91 Å². The van der Waals surface area contributed by atoms with E-state index in [9.17, 15) is 9.59 Å². The molecule has 0 fully saturated rings. The number of nitrogens with zero attached hydrogens (tertiary/aromatic N) is 1. The highest BCUT2D eigenvalue weighted by atomic mass is 35.5. The van der Waals surface area contributed by atoms with E-state index in [1.165, 1.54) is 0 Å². The number of benzene rings is 2. The van der Waals surface area contributed by atoms with Crippen LogP contribution in [0.5, 0.6) is 5.75 Å². The third kappa shape index (κ3) is 7.59. The minimum Gasteiger partial charge on any atom is -0.484 e. The first-order valence-electron chi connectivity index (χ1n) is 10.9. The fourth-order valence-corrected chi connectivity index (χ4v) is 3.68. The van der Waals surface area contributed by atoms with Gasteiger partial charge < -0.3 is 15.0 Å². The van der Waals surface area contributed by atoms with Crippen LogP contribution in [0.3, 0.4) is 0 Å². The Bertz CT molecular complexity index is 865. The normalized spacial score (nSPS) is 11.6. The molecule has 5 nitrogen and oxygen atoms in total. The molecule has 6 heteroatoms. The number of hydrogen-bond acceptors (Lipinski definition) is 3. The smallest absolute Gasteiger partial charge is 0.261 e. The van der Waals surface area contributed by atoms with Gasteiger partial charge in [-0.25, -0.2) is 0 Å². The minimum absolute atomic E-state index is 0.147. The Morgan fingerprint density at radius 2 is 1.77 bits per heavy atom. The number of carbonyl (C=O) groups is 2. The van der Waals surface area contributed by atoms with Crippen molar-refractivity contribution >= 4 is 23.4 Å². The molecule has 0 aliphatic rings. The molecule has 31 heavy (non-hydrogen) atoms. The summed E-state index contributed by atoms with van der Waals surface area (Å²) in [5, 5.41) is 3.52. The number of nitrogens with one attached hydrogen (secondary N) is 1. The summed E-state index contributed by atoms with van der Waals surface area (Å²) in [5.74, 6) is 0.239. The maximum Gasteiger partial charge on any atom is 0.261 e. The van der Waals surface area contributed by atoms with Gasteiger partial charge in [0.1, 0.15) is 11.8 Å². The first-order chi connectivity index (χ1) is 14.8. The molecule has 0 radical (unpaired) electrons. The molecule has 2 amide bonds. The highest BCUT2D eigenvalue weighted by Crippen LogP contribution is 2.21. The number of halogens is 1. The molecular weight excluding hydrogens is 412 g/mol. The molecule has 0 aromatic heterocycles. The molecule has 0 saturated carbocycles. The average molecular weight is 445 g/mol. The van der Waals surface area contributed by atoms with E-state index in [1.807, 2.05) is 57.2 Å². The van der Waals surface area contributed by atoms with E-state index < -0.39 is 6.04 Å². The van der Waals surface area contributed by atoms with Crippen LogP contribution in [0.2, 0.25) is 5.02 Å². The van der Waals surface area contributed by atoms with Gasteiger partial charge in [0.05, 0.1) is 0 Å². The maximum atomic E-state index is 13.2. The van der Waals surface area contributed by atoms with Crippen LogP contribution in [0.15, 0.2) is 42.5 Å². The molecule has 0 aliphatic heterocycles. The summed E-state index contributed by atoms with van der Waals surface area (Å²) in [4.78, 5) is 27.6. The predicted molar refractivity (Wildman–Crippen MR) is 125 cm³/mol. The molecule has 0 aliphatic carbocycles. The third-order valence-corrected chi connectivity index (χ3v) is 5.44. The summed E-state index contributed by atoms with van der Waals surface area (Å²) in [6.07, 6.45) is 2.39. The standard InChI is InChI=1S/C25H33ClN2O3/c1-5-7-12-27-25(30)23(6-2)28(16-20-10-8-9-11-22(20)26)24(29)17-31-21-14-18(3)13-19(4)15-21/h8-11,13-15,23H,5-7,12,16-17H2,1-4H3,(H,27,30). The molecular formula is C25H33ClN2O3. The van der Waals surface area contributed by atoms with Crippen molar-refractivity contribution in [1.29, 1.82) is 0 Å². The first kappa shape index (κ1) is 24.7. The summed E-state index contributed by atoms with van der Waals surface area (Å²) in [6.45, 7) is 8.64. The van der Waals surface area contributed by atoms with Crippen LogP contribution in [-0.2, 0) is 16.1 Å². The van der Waals surface area contributed by atoms with E-state index in [0.717, 1.165) is 29.5 Å². The van der Waals surface area contributed by atoms with Gasteiger partial charge in [-0.15, -0.1) is 0 Å². The summed E-state index contributed by atoms with van der Waals surface area (Å²) in [5.41, 5.74) is 2.93. The van der Waals surface area contributed by atoms with Gasteiger partial charge in [0.15, 0.2) is 6.61 Å². The van der Waals surface area contributed by atoms with Crippen molar-refractivity contribution in [2.24, 2.45) is 0 Å². The second-order valence-electron chi connectivity index (χ2n) is 7.79. The summed E-state index contributed by atoms with van der Waals surface area (Å²) in [6, 6.07) is 12.6. The van der Waals surface area contributed by atoms with Gasteiger partial charge in [-0.2, -0.15) is 0 Å². The highest BCUT2D eigenvalue weighted by Gasteiger charge is 2.29. The average Bonchev–Trinajstić information content (AvgIpc) is 2.72. The molecule has 1 N–H and O–H groups in total. The van der Waals surface area contributed by atoms with Crippen LogP contribution >= 0.6 is 11.6 Å². The van der Waals surface area contributed by atoms with Gasteiger partial charge >= 0.3 is 0 Å². The molecule has 2 rings (SSSR count). The number of carbonyl (C=O) groups excluding carboxylic acids is 2. The molecule has 168 valence electrons. The fourth-order valence-electron chi connectivity index (χ4n) is 3.48. The Hall–Kier alpha value is -2.53. The number of unbranched alkanes of at least 4 members (excludes halogenated alkanes) is 1. The monoisotopic (exact) mass is 444 g/mol. The molecule has 0 bridgehead atoms. The zero-order valence-corrected chi connectivity index (χ0v) is 19.7. The molecule has 0 heterocycles. The van der Waals surface area contributed by atoms with Crippen molar-refractivity contribution in [3.63, 3.8) is 0 Å². The number of amides is 2. The quantitative estimate of drug-likeness (QED) is 0.493. The van der Waals surface area contributed by atoms with Gasteiger partial charge in [0, 0.05) is 18.1 Å². The lowest BCUT2D eigenvalue weighted by molar-refractivity contribution is -0.143. The van der Waals surface area contributed by atoms with Crippen LogP contribution in [0.4, 0.5) is 0 Å². The van der Waals surface area contributed by atoms with E-state index in [4.69, 9.17) is 16.3 Å². The van der Waals surface area contributed by atoms with E-state index in [1.54, 1.807) is 11.0 Å². The largest absolute Gasteiger partial charge is 0.484 e. The zero-order valence-electron chi connectivity index (χ0n) is 18.9. The second kappa shape index (κ2) is 12.4. The summed E-state index contributed by atoms with van der Waals surface area (Å²) >= 11 is 6.34. The van der Waals surface area contributed by atoms with Gasteiger partial charge in [0.25, 0.3) is 5.91 Å². The van der Waals surface area contributed by atoms with Gasteiger partial charge in [-0.3, -0.25) is 9.59 Å². The molecule has 2 aromatic carbocycles. The van der Waals surface area contributed by atoms with E-state index in [0.29, 0.717) is 23.7 Å². The van der Waals surface area contributed by atoms with Crippen molar-refractivity contribution in [1.82, 2.24) is 10.2 Å². The van der Waals surface area contributed by atoms with E-state index in [-0.39, 0.29) is 25.0 Å². The van der Waals surface area contributed by atoms with Gasteiger partial charge in [-0.1, -0.05) is 56.1 Å². The fraction of sp³-hybridized carbons (Fsp3) is 0.440. The van der Waals surface area contributed by atoms with E-state index >= 15 is 0 Å². The van der Waals surface area contributed by atoms with E-state index in [2.05, 4.69) is 12.2 Å². The predicted octanol–water partition coefficient (Wildman–Crippen LogP) is 5.06. The van der Waals surface area contributed by atoms with Crippen molar-refractivity contribution in [2.75, 3.05) is 13.2 Å². The lowest BCUT2D eigenvalue weighted by Gasteiger charge is -2.31. The molecule has 2 aromatic rings. The van der Waals surface area contributed by atoms with Crippen LogP contribution in [0, 0.1) is 13.8 Å². The van der Waals surface area contributed by atoms with Crippen LogP contribution < -0.4 is 10.1 Å². The molecule has 0 spiro atoms. The lowest BCUT2D eigenvalue weighted by Crippen LogP contribution is -2.50. The van der Waals surface area contributed by atoms with Crippen LogP contribution in [0.25, 0.3) is 0 Å². The van der Waals surface area contributed by atoms with Crippen molar-refractivity contribution in [3.05, 3.63) is 64.2 Å². The number of hydrogen-bond donors (Lipinski definition) is 1. The Morgan fingerprint density at radius 3 is 2.39 bits per heavy atom. The molecule has 0 saturated heterocycles. The molecule has 1 unspecified atom stereocenters. The second-order valence-corrected chi connectivity index (χ2v) is 8.20. The third-order valence-electron chi connectivity index (χ3n) is 5.07. The summed E-state index contributed by atoms with van der Waals surface area (Å²) < 4.78 is 5.80. The number of rotatable bonds is 11. The van der Waals surface area contributed by atoms with Crippen molar-refractivity contribution < 1.29 is 14.3 Å². The lowest BCUT2D eigenvalue weighted by atomic mass is 10.1. The summed E-state index contributed by atoms with van der Waals surface area (Å²) in [7, 11) is 0. The zero-order chi connectivity index (χ0) is 22.8. The molecule has 1 atom stereocenters. The Kier molecular flexibility index (Phi) is 9.86. The highest BCUT2D eigenvalue weighted by molar-refractivity contribution is 6.31. The topological polar surface area (TPSA) is 58.6 Å². The van der Waals surface area contributed by atoms with Crippen molar-refractivity contribution in [3.8, 4) is 5.75 Å². The first-order valence-corrected chi connectivity index (χ1v) is 11.2. The van der Waals surface area contributed by atoms with Crippen molar-refractivity contribution in [2.45, 2.75) is 59.5 Å². The van der Waals surface area contributed by atoms with Crippen LogP contribution in [-0.4, -0.2) is 35.9 Å². The Balaban J connectivity index is 2.21. The Labute approximate surface area is 190 Å². The van der Waals surface area contributed by atoms with Gasteiger partial charge in [-0.05, 0) is 61.6 Å². The van der Waals surface area contributed by atoms with Crippen LogP contribution in [0.1, 0.15) is 49.8 Å². The number of ether oxygens (including phenoxy) is 1. The maximum absolute atomic E-state index is 13.2. The SMILES string of the molecule is CCCCNC(=O)C(CC)N(Cc1ccccc1Cl)C(=O)COc1cc(C)cc(C)c1.